The minimum Gasteiger partial charge on any atom is -0.352 e. The first-order valence-electron chi connectivity index (χ1n) is 12.8. The van der Waals surface area contributed by atoms with E-state index < -0.39 is 22.0 Å². The fourth-order valence-electron chi connectivity index (χ4n) is 4.94. The highest BCUT2D eigenvalue weighted by molar-refractivity contribution is 7.92. The molecule has 0 radical (unpaired) electrons. The van der Waals surface area contributed by atoms with Gasteiger partial charge in [-0.25, -0.2) is 8.42 Å². The summed E-state index contributed by atoms with van der Waals surface area (Å²) in [4.78, 5) is 28.7. The number of benzene rings is 2. The summed E-state index contributed by atoms with van der Waals surface area (Å²) in [6.45, 7) is 5.67. The predicted molar refractivity (Wildman–Crippen MR) is 144 cm³/mol. The summed E-state index contributed by atoms with van der Waals surface area (Å²) in [6.07, 6.45) is 6.25. The quantitative estimate of drug-likeness (QED) is 0.488. The maximum Gasteiger partial charge on any atom is 0.244 e. The average Bonchev–Trinajstić information content (AvgIpc) is 3.34. The Balaban J connectivity index is 1.95. The normalized spacial score (nSPS) is 14.9. The van der Waals surface area contributed by atoms with Crippen LogP contribution < -0.4 is 9.62 Å². The fourth-order valence-corrected chi connectivity index (χ4v) is 5.82. The van der Waals surface area contributed by atoms with E-state index in [-0.39, 0.29) is 25.0 Å². The van der Waals surface area contributed by atoms with Crippen LogP contribution >= 0.6 is 0 Å². The number of rotatable bonds is 11. The van der Waals surface area contributed by atoms with Crippen LogP contribution in [0.1, 0.15) is 62.6 Å². The van der Waals surface area contributed by atoms with Crippen LogP contribution in [0, 0.1) is 6.92 Å². The van der Waals surface area contributed by atoms with Crippen molar-refractivity contribution < 1.29 is 18.0 Å². The largest absolute Gasteiger partial charge is 0.352 e. The maximum atomic E-state index is 13.8. The van der Waals surface area contributed by atoms with Gasteiger partial charge in [0.05, 0.1) is 11.9 Å². The van der Waals surface area contributed by atoms with Crippen LogP contribution in [0.4, 0.5) is 5.69 Å². The monoisotopic (exact) mass is 513 g/mol. The zero-order valence-corrected chi connectivity index (χ0v) is 22.7. The number of carbonyl (C=O) groups excluding carboxylic acids is 2. The highest BCUT2D eigenvalue weighted by Crippen LogP contribution is 2.25. The highest BCUT2D eigenvalue weighted by Gasteiger charge is 2.33. The molecule has 0 aromatic heterocycles. The number of nitrogens with one attached hydrogen (secondary N) is 1. The molecule has 0 bridgehead atoms. The second-order valence-electron chi connectivity index (χ2n) is 9.68. The van der Waals surface area contributed by atoms with Gasteiger partial charge in [-0.3, -0.25) is 13.9 Å². The molecule has 1 aliphatic rings. The zero-order valence-electron chi connectivity index (χ0n) is 21.9. The van der Waals surface area contributed by atoms with Gasteiger partial charge in [0, 0.05) is 12.6 Å². The van der Waals surface area contributed by atoms with Crippen molar-refractivity contribution in [1.29, 1.82) is 0 Å². The number of anilines is 1. The van der Waals surface area contributed by atoms with Crippen LogP contribution in [0.25, 0.3) is 0 Å². The van der Waals surface area contributed by atoms with Crippen LogP contribution in [0.5, 0.6) is 0 Å². The van der Waals surface area contributed by atoms with Gasteiger partial charge in [0.1, 0.15) is 12.6 Å². The van der Waals surface area contributed by atoms with E-state index in [2.05, 4.69) is 5.32 Å². The Labute approximate surface area is 215 Å². The Bertz CT molecular complexity index is 1160. The SMILES string of the molecule is CCc1ccccc1N(CC(=O)N(Cc1cccc(C)c1)[C@@H](CC)C(=O)NC1CCCC1)S(C)(=O)=O. The minimum absolute atomic E-state index is 0.131. The lowest BCUT2D eigenvalue weighted by Gasteiger charge is -2.34. The average molecular weight is 514 g/mol. The summed E-state index contributed by atoms with van der Waals surface area (Å²) >= 11 is 0. The molecule has 1 saturated carbocycles. The van der Waals surface area contributed by atoms with E-state index in [9.17, 15) is 18.0 Å². The smallest absolute Gasteiger partial charge is 0.244 e. The maximum absolute atomic E-state index is 13.8. The van der Waals surface area contributed by atoms with E-state index >= 15 is 0 Å². The van der Waals surface area contributed by atoms with E-state index in [1.165, 1.54) is 4.31 Å². The van der Waals surface area contributed by atoms with Gasteiger partial charge >= 0.3 is 0 Å². The molecule has 0 unspecified atom stereocenters. The first-order chi connectivity index (χ1) is 17.1. The molecule has 8 heteroatoms. The van der Waals surface area contributed by atoms with E-state index in [1.807, 2.05) is 57.2 Å². The van der Waals surface area contributed by atoms with Crippen molar-refractivity contribution in [2.24, 2.45) is 0 Å². The Morgan fingerprint density at radius 3 is 2.36 bits per heavy atom. The summed E-state index contributed by atoms with van der Waals surface area (Å²) < 4.78 is 26.8. The Morgan fingerprint density at radius 1 is 1.06 bits per heavy atom. The van der Waals surface area contributed by atoms with E-state index in [0.717, 1.165) is 48.6 Å². The predicted octanol–water partition coefficient (Wildman–Crippen LogP) is 4.19. The van der Waals surface area contributed by atoms with Crippen molar-refractivity contribution in [3.05, 3.63) is 65.2 Å². The van der Waals surface area contributed by atoms with Gasteiger partial charge in [-0.1, -0.05) is 74.7 Å². The topological polar surface area (TPSA) is 86.8 Å². The third kappa shape index (κ3) is 7.09. The number of amides is 2. The number of hydrogen-bond acceptors (Lipinski definition) is 4. The van der Waals surface area contributed by atoms with Crippen molar-refractivity contribution in [1.82, 2.24) is 10.2 Å². The van der Waals surface area contributed by atoms with Crippen molar-refractivity contribution in [2.75, 3.05) is 17.1 Å². The summed E-state index contributed by atoms with van der Waals surface area (Å²) in [6, 6.07) is 14.5. The molecule has 0 saturated heterocycles. The first kappa shape index (κ1) is 27.7. The number of aryl methyl sites for hydroxylation is 2. The van der Waals surface area contributed by atoms with Crippen molar-refractivity contribution in [3.8, 4) is 0 Å². The lowest BCUT2D eigenvalue weighted by atomic mass is 10.1. The lowest BCUT2D eigenvalue weighted by molar-refractivity contribution is -0.140. The third-order valence-corrected chi connectivity index (χ3v) is 7.97. The molecule has 7 nitrogen and oxygen atoms in total. The molecule has 2 amide bonds. The van der Waals surface area contributed by atoms with Gasteiger partial charge < -0.3 is 10.2 Å². The zero-order chi connectivity index (χ0) is 26.3. The van der Waals surface area contributed by atoms with Crippen molar-refractivity contribution in [2.45, 2.75) is 77.9 Å². The van der Waals surface area contributed by atoms with Crippen LogP contribution in [-0.2, 0) is 32.6 Å². The summed E-state index contributed by atoms with van der Waals surface area (Å²) in [5.41, 5.74) is 3.29. The van der Waals surface area contributed by atoms with Crippen molar-refractivity contribution >= 4 is 27.5 Å². The minimum atomic E-state index is -3.74. The lowest BCUT2D eigenvalue weighted by Crippen LogP contribution is -2.53. The molecule has 1 aliphatic carbocycles. The molecule has 2 aromatic rings. The molecular weight excluding hydrogens is 474 g/mol. The van der Waals surface area contributed by atoms with Crippen LogP contribution in [-0.4, -0.2) is 50.0 Å². The molecule has 0 heterocycles. The summed E-state index contributed by atoms with van der Waals surface area (Å²) in [5, 5.41) is 3.13. The second kappa shape index (κ2) is 12.4. The number of sulfonamides is 1. The van der Waals surface area contributed by atoms with Crippen molar-refractivity contribution in [3.63, 3.8) is 0 Å². The molecule has 36 heavy (non-hydrogen) atoms. The molecule has 0 spiro atoms. The van der Waals surface area contributed by atoms with Gasteiger partial charge in [0.2, 0.25) is 21.8 Å². The van der Waals surface area contributed by atoms with Crippen LogP contribution in [0.2, 0.25) is 0 Å². The molecule has 0 aliphatic heterocycles. The number of nitrogens with zero attached hydrogens (tertiary/aromatic N) is 2. The second-order valence-corrected chi connectivity index (χ2v) is 11.6. The van der Waals surface area contributed by atoms with E-state index in [0.29, 0.717) is 18.5 Å². The third-order valence-electron chi connectivity index (χ3n) is 6.84. The summed E-state index contributed by atoms with van der Waals surface area (Å²) in [7, 11) is -3.74. The number of para-hydroxylation sites is 1. The first-order valence-corrected chi connectivity index (χ1v) is 14.7. The van der Waals surface area contributed by atoms with Crippen LogP contribution in [0.15, 0.2) is 48.5 Å². The van der Waals surface area contributed by atoms with Gasteiger partial charge in [-0.15, -0.1) is 0 Å². The standard InChI is InChI=1S/C28H39N3O4S/c1-5-23-14-7-10-17-26(23)31(36(4,34)35)20-27(32)30(19-22-13-11-12-21(3)18-22)25(6-2)28(33)29-24-15-8-9-16-24/h7,10-14,17-18,24-25H,5-6,8-9,15-16,19-20H2,1-4H3,(H,29,33)/t25-/m0/s1. The van der Waals surface area contributed by atoms with Gasteiger partial charge in [0.25, 0.3) is 0 Å². The Hall–Kier alpha value is -2.87. The summed E-state index contributed by atoms with van der Waals surface area (Å²) in [5.74, 6) is -0.577. The number of carbonyl (C=O) groups is 2. The van der Waals surface area contributed by atoms with Gasteiger partial charge in [-0.05, 0) is 49.8 Å². The number of hydrogen-bond donors (Lipinski definition) is 1. The highest BCUT2D eigenvalue weighted by atomic mass is 32.2. The Kier molecular flexibility index (Phi) is 9.54. The molecule has 2 aromatic carbocycles. The molecule has 1 N–H and O–H groups in total. The van der Waals surface area contributed by atoms with Gasteiger partial charge in [0.15, 0.2) is 0 Å². The Morgan fingerprint density at radius 2 is 1.75 bits per heavy atom. The van der Waals surface area contributed by atoms with Crippen LogP contribution in [0.3, 0.4) is 0 Å². The fraction of sp³-hybridized carbons (Fsp3) is 0.500. The molecule has 1 atom stereocenters. The molecule has 3 rings (SSSR count). The van der Waals surface area contributed by atoms with Gasteiger partial charge in [-0.2, -0.15) is 0 Å². The molecule has 196 valence electrons. The van der Waals surface area contributed by atoms with E-state index in [1.54, 1.807) is 17.0 Å². The molecular formula is C28H39N3O4S. The molecule has 1 fully saturated rings. The van der Waals surface area contributed by atoms with E-state index in [4.69, 9.17) is 0 Å².